The maximum atomic E-state index is 5.85. The second-order valence-electron chi connectivity index (χ2n) is 4.86. The van der Waals surface area contributed by atoms with Gasteiger partial charge in [-0.3, -0.25) is 0 Å². The quantitative estimate of drug-likeness (QED) is 0.378. The van der Waals surface area contributed by atoms with E-state index in [-0.39, 0.29) is 0 Å². The van der Waals surface area contributed by atoms with E-state index < -0.39 is 0 Å². The molecule has 2 nitrogen and oxygen atoms in total. The van der Waals surface area contributed by atoms with Gasteiger partial charge in [0, 0.05) is 5.88 Å². The molecule has 0 N–H and O–H groups in total. The van der Waals surface area contributed by atoms with Gasteiger partial charge in [0.2, 0.25) is 0 Å². The molecule has 0 aliphatic rings. The lowest BCUT2D eigenvalue weighted by Crippen LogP contribution is -2.01. The Balaban J connectivity index is 2.43. The Labute approximate surface area is 135 Å². The molecule has 0 saturated carbocycles. The zero-order chi connectivity index (χ0) is 14.8. The average molecular weight is 364 g/mol. The van der Waals surface area contributed by atoms with Crippen LogP contribution in [0.25, 0.3) is 0 Å². The predicted octanol–water partition coefficient (Wildman–Crippen LogP) is 5.94. The number of hydrogen-bond acceptors (Lipinski definition) is 2. The average Bonchev–Trinajstić information content (AvgIpc) is 2.47. The van der Waals surface area contributed by atoms with Crippen LogP contribution in [0, 0.1) is 0 Å². The monoisotopic (exact) mass is 362 g/mol. The third kappa shape index (κ3) is 5.92. The molecule has 0 aliphatic carbocycles. The topological polar surface area (TPSA) is 18.5 Å². The number of alkyl halides is 1. The molecule has 0 heterocycles. The van der Waals surface area contributed by atoms with Crippen LogP contribution in [0.2, 0.25) is 0 Å². The summed E-state index contributed by atoms with van der Waals surface area (Å²) in [4.78, 5) is 0. The fourth-order valence-corrected chi connectivity index (χ4v) is 2.81. The van der Waals surface area contributed by atoms with Gasteiger partial charge in [0.25, 0.3) is 0 Å². The normalized spacial score (nSPS) is 10.6. The second kappa shape index (κ2) is 10.3. The molecule has 1 aromatic rings. The van der Waals surface area contributed by atoms with Crippen molar-refractivity contribution in [1.29, 1.82) is 0 Å². The Bertz CT molecular complexity index is 396. The van der Waals surface area contributed by atoms with Gasteiger partial charge in [0.05, 0.1) is 18.2 Å². The molecule has 0 unspecified atom stereocenters. The van der Waals surface area contributed by atoms with Gasteiger partial charge in [-0.25, -0.2) is 0 Å². The van der Waals surface area contributed by atoms with Crippen LogP contribution < -0.4 is 9.47 Å². The van der Waals surface area contributed by atoms with Gasteiger partial charge in [0.15, 0.2) is 11.5 Å². The molecule has 1 aromatic carbocycles. The van der Waals surface area contributed by atoms with Gasteiger partial charge in [-0.2, -0.15) is 0 Å². The molecule has 0 bridgehead atoms. The minimum absolute atomic E-state index is 0.465. The molecule has 4 heteroatoms. The van der Waals surface area contributed by atoms with Crippen LogP contribution in [-0.2, 0) is 5.88 Å². The summed E-state index contributed by atoms with van der Waals surface area (Å²) >= 11 is 9.37. The number of rotatable bonds is 10. The van der Waals surface area contributed by atoms with Crippen LogP contribution in [0.1, 0.15) is 51.0 Å². The molecular weight excluding hydrogens is 340 g/mol. The third-order valence-electron chi connectivity index (χ3n) is 3.19. The first-order chi connectivity index (χ1) is 9.72. The number of hydrogen-bond donors (Lipinski definition) is 0. The van der Waals surface area contributed by atoms with Crippen molar-refractivity contribution in [3.05, 3.63) is 22.2 Å². The van der Waals surface area contributed by atoms with E-state index in [0.29, 0.717) is 5.88 Å². The van der Waals surface area contributed by atoms with Gasteiger partial charge in [-0.1, -0.05) is 39.0 Å². The van der Waals surface area contributed by atoms with Crippen LogP contribution >= 0.6 is 27.5 Å². The first-order valence-corrected chi connectivity index (χ1v) is 8.60. The third-order valence-corrected chi connectivity index (χ3v) is 4.09. The summed E-state index contributed by atoms with van der Waals surface area (Å²) in [7, 11) is 1.65. The Kier molecular flexibility index (Phi) is 9.12. The van der Waals surface area contributed by atoms with Crippen molar-refractivity contribution in [1.82, 2.24) is 0 Å². The first kappa shape index (κ1) is 17.6. The predicted molar refractivity (Wildman–Crippen MR) is 89.1 cm³/mol. The van der Waals surface area contributed by atoms with E-state index in [1.807, 2.05) is 12.1 Å². The van der Waals surface area contributed by atoms with Crippen molar-refractivity contribution in [2.45, 2.75) is 51.3 Å². The molecule has 0 radical (unpaired) electrons. The molecule has 1 rings (SSSR count). The van der Waals surface area contributed by atoms with Gasteiger partial charge in [0.1, 0.15) is 0 Å². The van der Waals surface area contributed by atoms with Crippen LogP contribution in [-0.4, -0.2) is 13.7 Å². The molecule has 0 saturated heterocycles. The highest BCUT2D eigenvalue weighted by Gasteiger charge is 2.11. The Morgan fingerprint density at radius 2 is 1.80 bits per heavy atom. The minimum atomic E-state index is 0.465. The molecule has 0 amide bonds. The van der Waals surface area contributed by atoms with Crippen LogP contribution in [0.4, 0.5) is 0 Å². The van der Waals surface area contributed by atoms with Gasteiger partial charge in [-0.15, -0.1) is 11.6 Å². The van der Waals surface area contributed by atoms with Crippen molar-refractivity contribution >= 4 is 27.5 Å². The number of methoxy groups -OCH3 is 1. The SMILES string of the molecule is CCCCCCCCOc1c(Br)cc(CCl)cc1OC. The minimum Gasteiger partial charge on any atom is -0.493 e. The highest BCUT2D eigenvalue weighted by atomic mass is 79.9. The van der Waals surface area contributed by atoms with Crippen LogP contribution in [0.15, 0.2) is 16.6 Å². The molecule has 20 heavy (non-hydrogen) atoms. The number of halogens is 2. The lowest BCUT2D eigenvalue weighted by molar-refractivity contribution is 0.282. The Morgan fingerprint density at radius 1 is 1.10 bits per heavy atom. The standard InChI is InChI=1S/C16H24BrClO2/c1-3-4-5-6-7-8-9-20-16-14(17)10-13(12-18)11-15(16)19-2/h10-11H,3-9,12H2,1-2H3. The summed E-state index contributed by atoms with van der Waals surface area (Å²) in [6.07, 6.45) is 7.54. The van der Waals surface area contributed by atoms with Crippen molar-refractivity contribution in [3.63, 3.8) is 0 Å². The van der Waals surface area contributed by atoms with E-state index in [1.165, 1.54) is 32.1 Å². The molecule has 0 aromatic heterocycles. The molecule has 0 spiro atoms. The molecule has 0 fully saturated rings. The summed E-state index contributed by atoms with van der Waals surface area (Å²) in [5.41, 5.74) is 1.02. The van der Waals surface area contributed by atoms with Gasteiger partial charge < -0.3 is 9.47 Å². The Hall–Kier alpha value is -0.410. The molecule has 0 aliphatic heterocycles. The number of benzene rings is 1. The lowest BCUT2D eigenvalue weighted by atomic mass is 10.1. The second-order valence-corrected chi connectivity index (χ2v) is 5.98. The number of ether oxygens (including phenoxy) is 2. The van der Waals surface area contributed by atoms with Gasteiger partial charge in [-0.05, 0) is 40.0 Å². The highest BCUT2D eigenvalue weighted by Crippen LogP contribution is 2.37. The first-order valence-electron chi connectivity index (χ1n) is 7.28. The Morgan fingerprint density at radius 3 is 2.45 bits per heavy atom. The fourth-order valence-electron chi connectivity index (χ4n) is 2.05. The lowest BCUT2D eigenvalue weighted by Gasteiger charge is -2.13. The van der Waals surface area contributed by atoms with Crippen LogP contribution in [0.5, 0.6) is 11.5 Å². The van der Waals surface area contributed by atoms with Crippen molar-refractivity contribution in [2.24, 2.45) is 0 Å². The highest BCUT2D eigenvalue weighted by molar-refractivity contribution is 9.10. The van der Waals surface area contributed by atoms with Crippen LogP contribution in [0.3, 0.4) is 0 Å². The van der Waals surface area contributed by atoms with E-state index in [9.17, 15) is 0 Å². The number of unbranched alkanes of at least 4 members (excludes halogenated alkanes) is 5. The van der Waals surface area contributed by atoms with E-state index in [4.69, 9.17) is 21.1 Å². The molecule has 0 atom stereocenters. The van der Waals surface area contributed by atoms with E-state index in [2.05, 4.69) is 22.9 Å². The zero-order valence-electron chi connectivity index (χ0n) is 12.4. The maximum absolute atomic E-state index is 5.85. The smallest absolute Gasteiger partial charge is 0.175 e. The summed E-state index contributed by atoms with van der Waals surface area (Å²) in [5, 5.41) is 0. The van der Waals surface area contributed by atoms with E-state index >= 15 is 0 Å². The van der Waals surface area contributed by atoms with Gasteiger partial charge >= 0.3 is 0 Å². The fraction of sp³-hybridized carbons (Fsp3) is 0.625. The summed E-state index contributed by atoms with van der Waals surface area (Å²) in [6.45, 7) is 2.96. The summed E-state index contributed by atoms with van der Waals surface area (Å²) < 4.78 is 12.1. The van der Waals surface area contributed by atoms with Crippen molar-refractivity contribution < 1.29 is 9.47 Å². The summed E-state index contributed by atoms with van der Waals surface area (Å²) in [6, 6.07) is 3.90. The molecule has 114 valence electrons. The van der Waals surface area contributed by atoms with Crippen molar-refractivity contribution in [2.75, 3.05) is 13.7 Å². The van der Waals surface area contributed by atoms with Crippen molar-refractivity contribution in [3.8, 4) is 11.5 Å². The van der Waals surface area contributed by atoms with E-state index in [0.717, 1.165) is 34.6 Å². The summed E-state index contributed by atoms with van der Waals surface area (Å²) in [5.74, 6) is 1.98. The maximum Gasteiger partial charge on any atom is 0.175 e. The molecular formula is C16H24BrClO2. The van der Waals surface area contributed by atoms with E-state index in [1.54, 1.807) is 7.11 Å². The zero-order valence-corrected chi connectivity index (χ0v) is 14.7. The largest absolute Gasteiger partial charge is 0.493 e.